The summed E-state index contributed by atoms with van der Waals surface area (Å²) in [6.45, 7) is 7.92. The summed E-state index contributed by atoms with van der Waals surface area (Å²) < 4.78 is 5.76. The van der Waals surface area contributed by atoms with E-state index in [-0.39, 0.29) is 23.7 Å². The van der Waals surface area contributed by atoms with Crippen molar-refractivity contribution in [2.45, 2.75) is 51.9 Å². The van der Waals surface area contributed by atoms with Crippen LogP contribution in [0.15, 0.2) is 0 Å². The van der Waals surface area contributed by atoms with Gasteiger partial charge in [-0.2, -0.15) is 0 Å². The highest BCUT2D eigenvalue weighted by atomic mass is 16.5. The number of nitrogens with zero attached hydrogens (tertiary/aromatic N) is 1. The summed E-state index contributed by atoms with van der Waals surface area (Å²) in [5, 5.41) is 0. The smallest absolute Gasteiger partial charge is 0.220 e. The van der Waals surface area contributed by atoms with Crippen LogP contribution in [0.3, 0.4) is 0 Å². The maximum absolute atomic E-state index is 11.2. The van der Waals surface area contributed by atoms with E-state index in [1.54, 1.807) is 4.90 Å². The average molecular weight is 213 g/mol. The maximum atomic E-state index is 11.2. The predicted octanol–water partition coefficient (Wildman–Crippen LogP) is 0.990. The van der Waals surface area contributed by atoms with Gasteiger partial charge in [0.2, 0.25) is 5.91 Å². The van der Waals surface area contributed by atoms with Crippen LogP contribution < -0.4 is 0 Å². The molecular formula is C11H19NO3. The third kappa shape index (κ3) is 3.30. The summed E-state index contributed by atoms with van der Waals surface area (Å²) in [5.41, 5.74) is -0.231. The first kappa shape index (κ1) is 12.2. The second-order valence-corrected chi connectivity index (χ2v) is 4.96. The molecule has 0 bridgehead atoms. The number of ether oxygens (including phenoxy) is 1. The number of aldehydes is 1. The van der Waals surface area contributed by atoms with E-state index in [2.05, 4.69) is 0 Å². The van der Waals surface area contributed by atoms with Crippen molar-refractivity contribution in [3.63, 3.8) is 0 Å². The third-order valence-electron chi connectivity index (χ3n) is 2.39. The lowest BCUT2D eigenvalue weighted by molar-refractivity contribution is -0.133. The van der Waals surface area contributed by atoms with E-state index in [1.165, 1.54) is 6.92 Å². The van der Waals surface area contributed by atoms with Gasteiger partial charge in [0.15, 0.2) is 0 Å². The SMILES string of the molecule is CC(=O)N1C[C@H](OC(C)(C)C)C[C@H]1C=O. The molecule has 0 radical (unpaired) electrons. The number of likely N-dealkylation sites (tertiary alicyclic amines) is 1. The minimum Gasteiger partial charge on any atom is -0.371 e. The topological polar surface area (TPSA) is 46.6 Å². The molecule has 0 aromatic heterocycles. The van der Waals surface area contributed by atoms with Gasteiger partial charge in [-0.1, -0.05) is 0 Å². The lowest BCUT2D eigenvalue weighted by Gasteiger charge is -2.24. The molecule has 86 valence electrons. The first-order chi connectivity index (χ1) is 6.83. The molecule has 1 rings (SSSR count). The molecule has 2 atom stereocenters. The van der Waals surface area contributed by atoms with Crippen molar-refractivity contribution in [1.29, 1.82) is 0 Å². The van der Waals surface area contributed by atoms with Gasteiger partial charge in [0.25, 0.3) is 0 Å². The zero-order valence-electron chi connectivity index (χ0n) is 9.82. The first-order valence-corrected chi connectivity index (χ1v) is 5.24. The van der Waals surface area contributed by atoms with E-state index in [9.17, 15) is 9.59 Å². The second-order valence-electron chi connectivity index (χ2n) is 4.96. The van der Waals surface area contributed by atoms with Gasteiger partial charge in [-0.15, -0.1) is 0 Å². The van der Waals surface area contributed by atoms with Crippen molar-refractivity contribution < 1.29 is 14.3 Å². The van der Waals surface area contributed by atoms with Gasteiger partial charge in [0, 0.05) is 19.9 Å². The zero-order chi connectivity index (χ0) is 11.6. The molecule has 0 aromatic carbocycles. The summed E-state index contributed by atoms with van der Waals surface area (Å²) >= 11 is 0. The molecule has 1 aliphatic rings. The lowest BCUT2D eigenvalue weighted by Crippen LogP contribution is -2.35. The van der Waals surface area contributed by atoms with Gasteiger partial charge in [-0.05, 0) is 20.8 Å². The van der Waals surface area contributed by atoms with Gasteiger partial charge in [0.1, 0.15) is 6.29 Å². The Hall–Kier alpha value is -0.900. The number of rotatable bonds is 2. The minimum atomic E-state index is -0.310. The van der Waals surface area contributed by atoms with Crippen LogP contribution in [0.25, 0.3) is 0 Å². The number of hydrogen-bond donors (Lipinski definition) is 0. The van der Waals surface area contributed by atoms with Gasteiger partial charge in [-0.25, -0.2) is 0 Å². The van der Waals surface area contributed by atoms with E-state index in [0.29, 0.717) is 13.0 Å². The van der Waals surface area contributed by atoms with E-state index < -0.39 is 0 Å². The van der Waals surface area contributed by atoms with Crippen molar-refractivity contribution in [2.24, 2.45) is 0 Å². The van der Waals surface area contributed by atoms with Gasteiger partial charge in [0.05, 0.1) is 17.7 Å². The van der Waals surface area contributed by atoms with Crippen LogP contribution in [0.4, 0.5) is 0 Å². The summed E-state index contributed by atoms with van der Waals surface area (Å²) in [5.74, 6) is -0.0629. The first-order valence-electron chi connectivity index (χ1n) is 5.24. The fourth-order valence-corrected chi connectivity index (χ4v) is 1.90. The molecule has 0 unspecified atom stereocenters. The molecule has 1 aliphatic heterocycles. The van der Waals surface area contributed by atoms with E-state index >= 15 is 0 Å². The average Bonchev–Trinajstić information content (AvgIpc) is 2.44. The fourth-order valence-electron chi connectivity index (χ4n) is 1.90. The Kier molecular flexibility index (Phi) is 3.50. The molecule has 1 saturated heterocycles. The molecule has 15 heavy (non-hydrogen) atoms. The van der Waals surface area contributed by atoms with Crippen molar-refractivity contribution >= 4 is 12.2 Å². The fraction of sp³-hybridized carbons (Fsp3) is 0.818. The summed E-state index contributed by atoms with van der Waals surface area (Å²) in [6.07, 6.45) is 1.41. The van der Waals surface area contributed by atoms with E-state index in [4.69, 9.17) is 4.74 Å². The Bertz CT molecular complexity index is 257. The van der Waals surface area contributed by atoms with E-state index in [1.807, 2.05) is 20.8 Å². The van der Waals surface area contributed by atoms with Crippen LogP contribution in [0.1, 0.15) is 34.1 Å². The monoisotopic (exact) mass is 213 g/mol. The third-order valence-corrected chi connectivity index (χ3v) is 2.39. The number of hydrogen-bond acceptors (Lipinski definition) is 3. The van der Waals surface area contributed by atoms with E-state index in [0.717, 1.165) is 6.29 Å². The molecule has 4 heteroatoms. The molecule has 1 heterocycles. The van der Waals surface area contributed by atoms with Crippen molar-refractivity contribution in [3.8, 4) is 0 Å². The molecule has 4 nitrogen and oxygen atoms in total. The highest BCUT2D eigenvalue weighted by Crippen LogP contribution is 2.23. The van der Waals surface area contributed by atoms with Gasteiger partial charge >= 0.3 is 0 Å². The number of carbonyl (C=O) groups excluding carboxylic acids is 2. The highest BCUT2D eigenvalue weighted by Gasteiger charge is 2.35. The zero-order valence-corrected chi connectivity index (χ0v) is 9.82. The van der Waals surface area contributed by atoms with Gasteiger partial charge < -0.3 is 14.4 Å². The summed E-state index contributed by atoms with van der Waals surface area (Å²) in [7, 11) is 0. The maximum Gasteiger partial charge on any atom is 0.220 e. The Morgan fingerprint density at radius 2 is 2.07 bits per heavy atom. The second kappa shape index (κ2) is 4.31. The Morgan fingerprint density at radius 3 is 2.40 bits per heavy atom. The van der Waals surface area contributed by atoms with Crippen LogP contribution in [-0.2, 0) is 14.3 Å². The van der Waals surface area contributed by atoms with Gasteiger partial charge in [-0.3, -0.25) is 4.79 Å². The quantitative estimate of drug-likeness (QED) is 0.643. The normalized spacial score (nSPS) is 26.8. The van der Waals surface area contributed by atoms with Crippen LogP contribution in [-0.4, -0.2) is 41.4 Å². The highest BCUT2D eigenvalue weighted by molar-refractivity contribution is 5.78. The molecule has 0 aliphatic carbocycles. The molecule has 0 aromatic rings. The Labute approximate surface area is 90.6 Å². The predicted molar refractivity (Wildman–Crippen MR) is 56.5 cm³/mol. The Morgan fingerprint density at radius 1 is 1.47 bits per heavy atom. The largest absolute Gasteiger partial charge is 0.371 e. The number of carbonyl (C=O) groups is 2. The molecular weight excluding hydrogens is 194 g/mol. The van der Waals surface area contributed by atoms with Crippen LogP contribution >= 0.6 is 0 Å². The van der Waals surface area contributed by atoms with Crippen molar-refractivity contribution in [2.75, 3.05) is 6.54 Å². The molecule has 0 saturated carbocycles. The van der Waals surface area contributed by atoms with Crippen LogP contribution in [0, 0.1) is 0 Å². The summed E-state index contributed by atoms with van der Waals surface area (Å²) in [4.78, 5) is 23.6. The Balaban J connectivity index is 2.61. The van der Waals surface area contributed by atoms with Crippen molar-refractivity contribution in [3.05, 3.63) is 0 Å². The molecule has 0 N–H and O–H groups in total. The number of amides is 1. The molecule has 1 fully saturated rings. The molecule has 0 spiro atoms. The lowest BCUT2D eigenvalue weighted by atomic mass is 10.1. The molecule has 1 amide bonds. The van der Waals surface area contributed by atoms with Crippen LogP contribution in [0.2, 0.25) is 0 Å². The van der Waals surface area contributed by atoms with Crippen LogP contribution in [0.5, 0.6) is 0 Å². The standard InChI is InChI=1S/C11H19NO3/c1-8(14)12-6-10(5-9(12)7-13)15-11(2,3)4/h7,9-10H,5-6H2,1-4H3/t9-,10+/m0/s1. The van der Waals surface area contributed by atoms with Crippen molar-refractivity contribution in [1.82, 2.24) is 4.90 Å². The minimum absolute atomic E-state index is 0.0240. The summed E-state index contributed by atoms with van der Waals surface area (Å²) in [6, 6.07) is -0.310.